The number of methoxy groups -OCH3 is 1. The minimum Gasteiger partial charge on any atom is -0.461 e. The number of aliphatic hydroxyl groups is 3. The van der Waals surface area contributed by atoms with Crippen molar-refractivity contribution in [2.45, 2.75) is 148 Å². The van der Waals surface area contributed by atoms with Crippen molar-refractivity contribution in [1.82, 2.24) is 4.90 Å². The number of hydrogen-bond acceptors (Lipinski definition) is 13. The third kappa shape index (κ3) is 12.1. The fraction of sp³-hybridized carbons (Fsp3) is 0.652. The minimum absolute atomic E-state index is 0.110. The van der Waals surface area contributed by atoms with Gasteiger partial charge < -0.3 is 43.9 Å². The van der Waals surface area contributed by atoms with Crippen molar-refractivity contribution in [3.63, 3.8) is 0 Å². The van der Waals surface area contributed by atoms with Gasteiger partial charge >= 0.3 is 11.9 Å². The molecule has 4 rings (SSSR count). The smallest absolute Gasteiger partial charge is 0.312 e. The molecular weight excluding hydrogens is 793 g/mol. The fourth-order valence-electron chi connectivity index (χ4n) is 8.83. The summed E-state index contributed by atoms with van der Waals surface area (Å²) >= 11 is 0. The van der Waals surface area contributed by atoms with Crippen LogP contribution in [0.15, 0.2) is 58.7 Å². The summed E-state index contributed by atoms with van der Waals surface area (Å²) in [5.74, 6) is -5.85. The average molecular weight is 860 g/mol. The van der Waals surface area contributed by atoms with Crippen LogP contribution in [0.3, 0.4) is 0 Å². The topological polar surface area (TPSA) is 169 Å². The van der Waals surface area contributed by atoms with Crippen LogP contribution in [0, 0.1) is 35.3 Å². The fourth-order valence-corrected chi connectivity index (χ4v) is 8.83. The van der Waals surface area contributed by atoms with Gasteiger partial charge in [-0.3, -0.25) is 9.59 Å². The first-order chi connectivity index (χ1) is 28.5. The molecule has 3 N–H and O–H groups in total. The van der Waals surface area contributed by atoms with Gasteiger partial charge in [0, 0.05) is 30.7 Å². The Morgan fingerprint density at radius 1 is 0.967 bits per heavy atom. The van der Waals surface area contributed by atoms with Crippen molar-refractivity contribution >= 4 is 23.4 Å². The number of rotatable bonds is 10. The molecule has 0 bridgehead atoms. The van der Waals surface area contributed by atoms with Gasteiger partial charge in [0.15, 0.2) is 6.29 Å². The summed E-state index contributed by atoms with van der Waals surface area (Å²) in [6, 6.07) is 10.8. The maximum Gasteiger partial charge on any atom is 0.312 e. The molecular formula is C46H67F2N3O10. The van der Waals surface area contributed by atoms with Crippen LogP contribution in [-0.2, 0) is 39.7 Å². The molecule has 0 radical (unpaired) electrons. The first-order valence-electron chi connectivity index (χ1n) is 21.2. The lowest BCUT2D eigenvalue weighted by atomic mass is 9.73. The number of halogens is 2. The molecule has 13 nitrogen and oxygen atoms in total. The second-order valence-electron chi connectivity index (χ2n) is 17.7. The molecule has 2 aromatic rings. The Morgan fingerprint density at radius 2 is 1.56 bits per heavy atom. The molecule has 0 saturated carbocycles. The van der Waals surface area contributed by atoms with Gasteiger partial charge in [-0.25, -0.2) is 8.78 Å². The number of aliphatic hydroxyl groups excluding tert-OH is 2. The Kier molecular flexibility index (Phi) is 17.3. The number of cyclic esters (lactones) is 1. The maximum atomic E-state index is 14.3. The van der Waals surface area contributed by atoms with Crippen molar-refractivity contribution in [2.24, 2.45) is 33.9 Å². The van der Waals surface area contributed by atoms with E-state index in [1.807, 2.05) is 32.8 Å². The van der Waals surface area contributed by atoms with E-state index in [1.165, 1.54) is 50.4 Å². The zero-order chi connectivity index (χ0) is 45.6. The van der Waals surface area contributed by atoms with Gasteiger partial charge in [0.2, 0.25) is 0 Å². The summed E-state index contributed by atoms with van der Waals surface area (Å²) in [7, 11) is 5.21. The van der Waals surface area contributed by atoms with E-state index >= 15 is 0 Å². The van der Waals surface area contributed by atoms with Crippen LogP contribution in [0.5, 0.6) is 0 Å². The predicted octanol–water partition coefficient (Wildman–Crippen LogP) is 5.88. The number of carbonyl (C=O) groups is 2. The van der Waals surface area contributed by atoms with Crippen molar-refractivity contribution < 1.29 is 57.4 Å². The molecule has 0 aromatic heterocycles. The first-order valence-corrected chi connectivity index (χ1v) is 21.2. The third-order valence-electron chi connectivity index (χ3n) is 12.6. The van der Waals surface area contributed by atoms with Crippen LogP contribution in [0.1, 0.15) is 92.7 Å². The van der Waals surface area contributed by atoms with Crippen LogP contribution in [0.25, 0.3) is 0 Å². The molecule has 2 aromatic carbocycles. The molecule has 4 unspecified atom stereocenters. The highest BCUT2D eigenvalue weighted by Gasteiger charge is 2.52. The molecule has 0 spiro atoms. The van der Waals surface area contributed by atoms with E-state index in [0.717, 1.165) is 0 Å². The van der Waals surface area contributed by atoms with Crippen LogP contribution in [-0.4, -0.2) is 125 Å². The van der Waals surface area contributed by atoms with E-state index in [0.29, 0.717) is 29.0 Å². The summed E-state index contributed by atoms with van der Waals surface area (Å²) in [5.41, 5.74) is -1.39. The third-order valence-corrected chi connectivity index (χ3v) is 12.6. The minimum atomic E-state index is -2.01. The largest absolute Gasteiger partial charge is 0.461 e. The lowest BCUT2D eigenvalue weighted by Gasteiger charge is -2.48. The summed E-state index contributed by atoms with van der Waals surface area (Å²) in [6.45, 7) is 15.4. The summed E-state index contributed by atoms with van der Waals surface area (Å²) in [5, 5.41) is 45.0. The van der Waals surface area contributed by atoms with E-state index in [-0.39, 0.29) is 31.4 Å². The zero-order valence-electron chi connectivity index (χ0n) is 37.7. The number of carbonyl (C=O) groups excluding carboxylic acids is 2. The van der Waals surface area contributed by atoms with E-state index in [1.54, 1.807) is 53.7 Å². The van der Waals surface area contributed by atoms with Gasteiger partial charge in [-0.1, -0.05) is 52.0 Å². The van der Waals surface area contributed by atoms with E-state index in [2.05, 4.69) is 5.10 Å². The monoisotopic (exact) mass is 859 g/mol. The SMILES string of the molecule is CC[C@H]1OC(=O)[C@H](C)[C@@H](OC(=O)Cc2ccc(F)cc2)[C@H](C)[C@@H](OC2OC(C)CC(N(C)C)C2O)[C@](C)(OC)C[C@@H](C)/C(=N\N=C(/C)c2ccc(F)cc2)[C@H](C)[C@@H](O)[C@]1(C)O. The lowest BCUT2D eigenvalue weighted by Crippen LogP contribution is -2.60. The highest BCUT2D eigenvalue weighted by molar-refractivity contribution is 5.99. The van der Waals surface area contributed by atoms with E-state index in [9.17, 15) is 33.7 Å². The highest BCUT2D eigenvalue weighted by atomic mass is 19.1. The molecule has 2 aliphatic heterocycles. The van der Waals surface area contributed by atoms with Gasteiger partial charge in [0.1, 0.15) is 35.5 Å². The van der Waals surface area contributed by atoms with Crippen LogP contribution < -0.4 is 0 Å². The quantitative estimate of drug-likeness (QED) is 0.148. The number of esters is 2. The Hall–Kier alpha value is -3.70. The van der Waals surface area contributed by atoms with Gasteiger partial charge in [0.05, 0.1) is 42.0 Å². The molecule has 340 valence electrons. The molecule has 2 aliphatic rings. The summed E-state index contributed by atoms with van der Waals surface area (Å²) < 4.78 is 59.3. The molecule has 15 heteroatoms. The van der Waals surface area contributed by atoms with Crippen molar-refractivity contribution in [1.29, 1.82) is 0 Å². The molecule has 61 heavy (non-hydrogen) atoms. The van der Waals surface area contributed by atoms with Crippen molar-refractivity contribution in [3.8, 4) is 0 Å². The molecule has 14 atom stereocenters. The number of nitrogens with zero attached hydrogens (tertiary/aromatic N) is 3. The average Bonchev–Trinajstić information content (AvgIpc) is 3.21. The van der Waals surface area contributed by atoms with Gasteiger partial charge in [-0.05, 0) is 109 Å². The molecule has 2 saturated heterocycles. The highest BCUT2D eigenvalue weighted by Crippen LogP contribution is 2.40. The number of benzene rings is 2. The number of hydrogen-bond donors (Lipinski definition) is 3. The lowest BCUT2D eigenvalue weighted by molar-refractivity contribution is -0.301. The van der Waals surface area contributed by atoms with Crippen molar-refractivity contribution in [3.05, 3.63) is 71.3 Å². The summed E-state index contributed by atoms with van der Waals surface area (Å²) in [6.07, 6.45) is -7.14. The normalized spacial score (nSPS) is 36.7. The van der Waals surface area contributed by atoms with Crippen molar-refractivity contribution in [2.75, 3.05) is 21.2 Å². The second-order valence-corrected chi connectivity index (χ2v) is 17.7. The van der Waals surface area contributed by atoms with Crippen LogP contribution in [0.4, 0.5) is 8.78 Å². The first kappa shape index (κ1) is 50.0. The maximum absolute atomic E-state index is 14.3. The molecule has 0 aliphatic carbocycles. The van der Waals surface area contributed by atoms with Gasteiger partial charge in [-0.2, -0.15) is 10.2 Å². The molecule has 0 amide bonds. The Morgan fingerprint density at radius 3 is 2.11 bits per heavy atom. The zero-order valence-corrected chi connectivity index (χ0v) is 37.7. The van der Waals surface area contributed by atoms with Crippen LogP contribution >= 0.6 is 0 Å². The van der Waals surface area contributed by atoms with Gasteiger partial charge in [-0.15, -0.1) is 0 Å². The Balaban J connectivity index is 1.92. The van der Waals surface area contributed by atoms with Gasteiger partial charge in [0.25, 0.3) is 0 Å². The van der Waals surface area contributed by atoms with E-state index in [4.69, 9.17) is 28.8 Å². The summed E-state index contributed by atoms with van der Waals surface area (Å²) in [4.78, 5) is 30.0. The molecule has 2 heterocycles. The standard InChI is InChI=1S/C46H67F2N3O10/c1-13-36-46(9,56)41(54)27(4)38(50-49-30(7)32-16-20-34(48)21-17-32)25(2)24-45(8,57-12)42(61-44-39(53)35(51(10)11)22-26(3)58-44)28(5)40(29(6)43(55)59-36)60-37(52)23-31-14-18-33(47)19-15-31/h14-21,25-29,35-36,39-42,44,53-54,56H,13,22-24H2,1-12H3/b49-30+,50-38+/t25-,26?,27+,28+,29-,35?,36-,39?,40+,41-,42-,44?,45-,46-/m1/s1. The number of ether oxygens (including phenoxy) is 5. The van der Waals surface area contributed by atoms with Crippen LogP contribution in [0.2, 0.25) is 0 Å². The predicted molar refractivity (Wildman–Crippen MR) is 227 cm³/mol. The molecule has 2 fully saturated rings. The second kappa shape index (κ2) is 21.1. The Labute approximate surface area is 359 Å². The van der Waals surface area contributed by atoms with E-state index < -0.39 is 95.3 Å². The Bertz CT molecular complexity index is 1830. The number of likely N-dealkylation sites (N-methyl/N-ethyl adjacent to an activating group) is 1.